The molecule has 61 valence electrons. The lowest BCUT2D eigenvalue weighted by atomic mass is 10.1. The van der Waals surface area contributed by atoms with E-state index in [0.29, 0.717) is 0 Å². The quantitative estimate of drug-likeness (QED) is 0.493. The van der Waals surface area contributed by atoms with Crippen molar-refractivity contribution in [2.24, 2.45) is 0 Å². The summed E-state index contributed by atoms with van der Waals surface area (Å²) in [4.78, 5) is 0. The maximum atomic E-state index is 5.42. The molecule has 0 aromatic carbocycles. The topological polar surface area (TPSA) is 0 Å². The SMILES string of the molecule is CCCCCCCC[CH]Cl. The van der Waals surface area contributed by atoms with E-state index in [0.717, 1.165) is 6.42 Å². The van der Waals surface area contributed by atoms with Crippen LogP contribution in [0.15, 0.2) is 0 Å². The largest absolute Gasteiger partial charge is 0.121 e. The van der Waals surface area contributed by atoms with Crippen LogP contribution in [-0.4, -0.2) is 0 Å². The van der Waals surface area contributed by atoms with Crippen LogP contribution in [0.5, 0.6) is 0 Å². The highest BCUT2D eigenvalue weighted by Gasteiger charge is 1.88. The summed E-state index contributed by atoms with van der Waals surface area (Å²) in [6.07, 6.45) is 9.22. The minimum atomic E-state index is 1.08. The van der Waals surface area contributed by atoms with E-state index >= 15 is 0 Å². The predicted octanol–water partition coefficient (Wildman–Crippen LogP) is 4.14. The number of hydrogen-bond donors (Lipinski definition) is 0. The van der Waals surface area contributed by atoms with Gasteiger partial charge in [0.1, 0.15) is 0 Å². The van der Waals surface area contributed by atoms with Gasteiger partial charge in [0.15, 0.2) is 0 Å². The standard InChI is InChI=1S/C9H18Cl/c1-2-3-4-5-6-7-8-9-10/h9H,2-8H2,1H3. The fourth-order valence-corrected chi connectivity index (χ4v) is 1.16. The third-order valence-electron chi connectivity index (χ3n) is 1.67. The van der Waals surface area contributed by atoms with Crippen LogP contribution in [0, 0.1) is 5.88 Å². The Hall–Kier alpha value is 0.290. The minimum Gasteiger partial charge on any atom is -0.121 e. The molecule has 0 nitrogen and oxygen atoms in total. The Bertz CT molecular complexity index is 44.7. The molecule has 0 N–H and O–H groups in total. The number of unbranched alkanes of at least 4 members (excludes halogenated alkanes) is 6. The van der Waals surface area contributed by atoms with Gasteiger partial charge in [-0.15, -0.1) is 11.6 Å². The second-order valence-corrected chi connectivity index (χ2v) is 3.02. The molecular formula is C9H18Cl. The molecule has 0 rings (SSSR count). The van der Waals surface area contributed by atoms with E-state index in [1.54, 1.807) is 5.88 Å². The van der Waals surface area contributed by atoms with Crippen LogP contribution < -0.4 is 0 Å². The monoisotopic (exact) mass is 161 g/mol. The lowest BCUT2D eigenvalue weighted by Gasteiger charge is -1.97. The number of rotatable bonds is 7. The Morgan fingerprint density at radius 3 is 2.20 bits per heavy atom. The fourth-order valence-electron chi connectivity index (χ4n) is 1.00. The van der Waals surface area contributed by atoms with E-state index in [1.165, 1.54) is 38.5 Å². The van der Waals surface area contributed by atoms with Crippen molar-refractivity contribution in [3.05, 3.63) is 5.88 Å². The van der Waals surface area contributed by atoms with Gasteiger partial charge in [-0.25, -0.2) is 0 Å². The molecule has 0 saturated carbocycles. The zero-order valence-corrected chi connectivity index (χ0v) is 7.66. The van der Waals surface area contributed by atoms with Crippen LogP contribution in [0.2, 0.25) is 0 Å². The zero-order valence-electron chi connectivity index (χ0n) is 6.91. The molecule has 1 radical (unpaired) electrons. The van der Waals surface area contributed by atoms with E-state index in [4.69, 9.17) is 11.6 Å². The number of hydrogen-bond acceptors (Lipinski definition) is 0. The Balaban J connectivity index is 2.65. The van der Waals surface area contributed by atoms with Crippen LogP contribution in [0.3, 0.4) is 0 Å². The van der Waals surface area contributed by atoms with Gasteiger partial charge in [-0.1, -0.05) is 45.4 Å². The van der Waals surface area contributed by atoms with Gasteiger partial charge in [0.2, 0.25) is 0 Å². The first-order chi connectivity index (χ1) is 4.91. The maximum absolute atomic E-state index is 5.42. The third kappa shape index (κ3) is 8.29. The van der Waals surface area contributed by atoms with E-state index in [2.05, 4.69) is 6.92 Å². The van der Waals surface area contributed by atoms with E-state index < -0.39 is 0 Å². The molecule has 0 spiro atoms. The van der Waals surface area contributed by atoms with E-state index in [9.17, 15) is 0 Å². The fraction of sp³-hybridized carbons (Fsp3) is 0.889. The molecule has 0 aliphatic heterocycles. The van der Waals surface area contributed by atoms with Gasteiger partial charge in [-0.05, 0) is 6.42 Å². The lowest BCUT2D eigenvalue weighted by molar-refractivity contribution is 0.609. The average Bonchev–Trinajstić information content (AvgIpc) is 1.97. The van der Waals surface area contributed by atoms with Crippen LogP contribution in [0.4, 0.5) is 0 Å². The molecule has 0 aromatic heterocycles. The Morgan fingerprint density at radius 1 is 1.00 bits per heavy atom. The highest BCUT2D eigenvalue weighted by Crippen LogP contribution is 2.08. The molecule has 0 atom stereocenters. The van der Waals surface area contributed by atoms with Crippen molar-refractivity contribution >= 4 is 11.6 Å². The summed E-state index contributed by atoms with van der Waals surface area (Å²) in [5.41, 5.74) is 0. The first kappa shape index (κ1) is 10.3. The van der Waals surface area contributed by atoms with Crippen LogP contribution in [0.1, 0.15) is 51.9 Å². The molecule has 0 heterocycles. The van der Waals surface area contributed by atoms with Crippen molar-refractivity contribution in [2.75, 3.05) is 0 Å². The van der Waals surface area contributed by atoms with Crippen molar-refractivity contribution in [1.29, 1.82) is 0 Å². The normalized spacial score (nSPS) is 10.2. The summed E-state index contributed by atoms with van der Waals surface area (Å²) in [7, 11) is 0. The molecule has 10 heavy (non-hydrogen) atoms. The second kappa shape index (κ2) is 9.29. The molecule has 0 aliphatic carbocycles. The Morgan fingerprint density at radius 2 is 1.60 bits per heavy atom. The van der Waals surface area contributed by atoms with Gasteiger partial charge < -0.3 is 0 Å². The highest BCUT2D eigenvalue weighted by atomic mass is 35.5. The van der Waals surface area contributed by atoms with Crippen molar-refractivity contribution in [3.63, 3.8) is 0 Å². The highest BCUT2D eigenvalue weighted by molar-refractivity contribution is 6.23. The van der Waals surface area contributed by atoms with Gasteiger partial charge in [0, 0.05) is 5.88 Å². The molecule has 0 saturated heterocycles. The van der Waals surface area contributed by atoms with Crippen LogP contribution in [0.25, 0.3) is 0 Å². The van der Waals surface area contributed by atoms with Gasteiger partial charge in [0.05, 0.1) is 0 Å². The first-order valence-electron chi connectivity index (χ1n) is 4.33. The lowest BCUT2D eigenvalue weighted by Crippen LogP contribution is -1.77. The van der Waals surface area contributed by atoms with Gasteiger partial charge >= 0.3 is 0 Å². The first-order valence-corrected chi connectivity index (χ1v) is 4.77. The molecule has 1 heteroatoms. The Kier molecular flexibility index (Phi) is 9.56. The molecule has 0 unspecified atom stereocenters. The molecule has 0 amide bonds. The van der Waals surface area contributed by atoms with Crippen molar-refractivity contribution < 1.29 is 0 Å². The van der Waals surface area contributed by atoms with Gasteiger partial charge in [-0.3, -0.25) is 0 Å². The van der Waals surface area contributed by atoms with E-state index in [-0.39, 0.29) is 0 Å². The summed E-state index contributed by atoms with van der Waals surface area (Å²) < 4.78 is 0. The van der Waals surface area contributed by atoms with Gasteiger partial charge in [-0.2, -0.15) is 0 Å². The second-order valence-electron chi connectivity index (χ2n) is 2.71. The summed E-state index contributed by atoms with van der Waals surface area (Å²) in [6, 6.07) is 0. The molecule has 0 bridgehead atoms. The zero-order chi connectivity index (χ0) is 7.66. The van der Waals surface area contributed by atoms with Crippen molar-refractivity contribution in [2.45, 2.75) is 51.9 Å². The third-order valence-corrected chi connectivity index (χ3v) is 1.89. The van der Waals surface area contributed by atoms with Crippen LogP contribution >= 0.6 is 11.6 Å². The maximum Gasteiger partial charge on any atom is 0.0499 e. The summed E-state index contributed by atoms with van der Waals surface area (Å²) in [5, 5.41) is 0. The Labute approximate surface area is 70.0 Å². The van der Waals surface area contributed by atoms with Crippen LogP contribution in [-0.2, 0) is 0 Å². The molecule has 0 aromatic rings. The minimum absolute atomic E-state index is 1.08. The van der Waals surface area contributed by atoms with Gasteiger partial charge in [0.25, 0.3) is 0 Å². The smallest absolute Gasteiger partial charge is 0.0499 e. The summed E-state index contributed by atoms with van der Waals surface area (Å²) in [5.74, 6) is 1.74. The number of halogens is 1. The average molecular weight is 162 g/mol. The van der Waals surface area contributed by atoms with Crippen molar-refractivity contribution in [3.8, 4) is 0 Å². The van der Waals surface area contributed by atoms with E-state index in [1.807, 2.05) is 0 Å². The predicted molar refractivity (Wildman–Crippen MR) is 48.1 cm³/mol. The molecule has 0 aliphatic rings. The summed E-state index contributed by atoms with van der Waals surface area (Å²) in [6.45, 7) is 2.24. The summed E-state index contributed by atoms with van der Waals surface area (Å²) >= 11 is 5.42. The molecule has 0 fully saturated rings. The molecular weight excluding hydrogens is 144 g/mol. The van der Waals surface area contributed by atoms with Crippen molar-refractivity contribution in [1.82, 2.24) is 0 Å².